The van der Waals surface area contributed by atoms with Crippen LogP contribution in [0.3, 0.4) is 0 Å². The van der Waals surface area contributed by atoms with Gasteiger partial charge in [0, 0.05) is 18.9 Å². The lowest BCUT2D eigenvalue weighted by Crippen LogP contribution is -2.23. The molecule has 1 aromatic carbocycles. The van der Waals surface area contributed by atoms with Gasteiger partial charge in [0.05, 0.1) is 10.5 Å². The average molecular weight is 304 g/mol. The normalized spacial score (nSPS) is 12.6. The van der Waals surface area contributed by atoms with Crippen molar-refractivity contribution in [2.45, 2.75) is 17.6 Å². The molecule has 1 aromatic heterocycles. The monoisotopic (exact) mass is 304 g/mol. The first-order chi connectivity index (χ1) is 9.29. The number of halogens is 3. The third kappa shape index (κ3) is 3.40. The van der Waals surface area contributed by atoms with Gasteiger partial charge in [-0.1, -0.05) is 6.07 Å². The molecule has 2 aromatic rings. The second-order valence-corrected chi connectivity index (χ2v) is 5.84. The SMILES string of the molecule is O=S(=O)(NCc1cc[nH]c1)c1cccc(C(F)(F)F)c1. The Morgan fingerprint density at radius 2 is 1.95 bits per heavy atom. The molecule has 2 rings (SSSR count). The Hall–Kier alpha value is -1.80. The zero-order chi connectivity index (χ0) is 14.8. The molecule has 0 atom stereocenters. The first kappa shape index (κ1) is 14.6. The zero-order valence-electron chi connectivity index (χ0n) is 10.1. The van der Waals surface area contributed by atoms with Crippen molar-refractivity contribution in [1.82, 2.24) is 9.71 Å². The third-order valence-electron chi connectivity index (χ3n) is 2.60. The molecule has 1 heterocycles. The zero-order valence-corrected chi connectivity index (χ0v) is 10.9. The molecule has 0 spiro atoms. The first-order valence-corrected chi connectivity index (χ1v) is 7.06. The maximum atomic E-state index is 12.5. The Labute approximate surface area is 113 Å². The molecule has 0 bridgehead atoms. The van der Waals surface area contributed by atoms with Crippen LogP contribution >= 0.6 is 0 Å². The van der Waals surface area contributed by atoms with Crippen molar-refractivity contribution in [1.29, 1.82) is 0 Å². The first-order valence-electron chi connectivity index (χ1n) is 5.58. The van der Waals surface area contributed by atoms with Crippen LogP contribution in [-0.2, 0) is 22.7 Å². The molecular weight excluding hydrogens is 293 g/mol. The summed E-state index contributed by atoms with van der Waals surface area (Å²) in [6, 6.07) is 5.28. The number of hydrogen-bond donors (Lipinski definition) is 2. The van der Waals surface area contributed by atoms with Gasteiger partial charge in [-0.05, 0) is 29.8 Å². The van der Waals surface area contributed by atoms with Crippen molar-refractivity contribution in [3.8, 4) is 0 Å². The van der Waals surface area contributed by atoms with Gasteiger partial charge < -0.3 is 4.98 Å². The molecular formula is C12H11F3N2O2S. The lowest BCUT2D eigenvalue weighted by Gasteiger charge is -2.10. The van der Waals surface area contributed by atoms with E-state index in [9.17, 15) is 21.6 Å². The maximum Gasteiger partial charge on any atom is 0.416 e. The molecule has 108 valence electrons. The van der Waals surface area contributed by atoms with Crippen molar-refractivity contribution >= 4 is 10.0 Å². The van der Waals surface area contributed by atoms with E-state index in [4.69, 9.17) is 0 Å². The quantitative estimate of drug-likeness (QED) is 0.911. The lowest BCUT2D eigenvalue weighted by atomic mass is 10.2. The summed E-state index contributed by atoms with van der Waals surface area (Å²) in [4.78, 5) is 2.34. The van der Waals surface area contributed by atoms with Crippen LogP contribution in [0.4, 0.5) is 13.2 Å². The van der Waals surface area contributed by atoms with Gasteiger partial charge in [0.2, 0.25) is 10.0 Å². The van der Waals surface area contributed by atoms with Gasteiger partial charge in [0.25, 0.3) is 0 Å². The molecule has 0 amide bonds. The highest BCUT2D eigenvalue weighted by Gasteiger charge is 2.31. The summed E-state index contributed by atoms with van der Waals surface area (Å²) in [7, 11) is -3.98. The van der Waals surface area contributed by atoms with E-state index in [1.165, 1.54) is 0 Å². The van der Waals surface area contributed by atoms with E-state index in [-0.39, 0.29) is 6.54 Å². The van der Waals surface area contributed by atoms with Gasteiger partial charge in [-0.3, -0.25) is 0 Å². The average Bonchev–Trinajstić information content (AvgIpc) is 2.89. The number of rotatable bonds is 4. The molecule has 8 heteroatoms. The largest absolute Gasteiger partial charge is 0.416 e. The fraction of sp³-hybridized carbons (Fsp3) is 0.167. The molecule has 4 nitrogen and oxygen atoms in total. The Kier molecular flexibility index (Phi) is 3.87. The molecule has 0 unspecified atom stereocenters. The standard InChI is InChI=1S/C12H11F3N2O2S/c13-12(14,15)10-2-1-3-11(6-10)20(18,19)17-8-9-4-5-16-7-9/h1-7,16-17H,8H2. The van der Waals surface area contributed by atoms with Crippen LogP contribution in [0.25, 0.3) is 0 Å². The lowest BCUT2D eigenvalue weighted by molar-refractivity contribution is -0.137. The number of nitrogens with one attached hydrogen (secondary N) is 2. The predicted octanol–water partition coefficient (Wildman–Crippen LogP) is 2.51. The molecule has 0 radical (unpaired) electrons. The Balaban J connectivity index is 2.21. The number of aromatic amines is 1. The van der Waals surface area contributed by atoms with Gasteiger partial charge in [-0.25, -0.2) is 13.1 Å². The second kappa shape index (κ2) is 5.29. The smallest absolute Gasteiger partial charge is 0.367 e. The fourth-order valence-corrected chi connectivity index (χ4v) is 2.63. The Morgan fingerprint density at radius 3 is 2.55 bits per heavy atom. The highest BCUT2D eigenvalue weighted by Crippen LogP contribution is 2.30. The van der Waals surface area contributed by atoms with Gasteiger partial charge in [-0.15, -0.1) is 0 Å². The number of benzene rings is 1. The van der Waals surface area contributed by atoms with Crippen LogP contribution in [0.1, 0.15) is 11.1 Å². The van der Waals surface area contributed by atoms with E-state index in [0.29, 0.717) is 11.6 Å². The summed E-state index contributed by atoms with van der Waals surface area (Å²) in [5, 5.41) is 0. The van der Waals surface area contributed by atoms with Crippen LogP contribution in [-0.4, -0.2) is 13.4 Å². The Morgan fingerprint density at radius 1 is 1.20 bits per heavy atom. The highest BCUT2D eigenvalue weighted by atomic mass is 32.2. The summed E-state index contributed by atoms with van der Waals surface area (Å²) >= 11 is 0. The molecule has 0 aliphatic rings. The van der Waals surface area contributed by atoms with Crippen molar-refractivity contribution in [2.24, 2.45) is 0 Å². The highest BCUT2D eigenvalue weighted by molar-refractivity contribution is 7.89. The molecule has 0 saturated carbocycles. The van der Waals surface area contributed by atoms with Gasteiger partial charge in [0.1, 0.15) is 0 Å². The van der Waals surface area contributed by atoms with Crippen molar-refractivity contribution < 1.29 is 21.6 Å². The van der Waals surface area contributed by atoms with E-state index in [1.807, 2.05) is 0 Å². The molecule has 2 N–H and O–H groups in total. The minimum atomic E-state index is -4.58. The molecule has 0 fully saturated rings. The summed E-state index contributed by atoms with van der Waals surface area (Å²) < 4.78 is 63.7. The van der Waals surface area contributed by atoms with Gasteiger partial charge in [-0.2, -0.15) is 13.2 Å². The van der Waals surface area contributed by atoms with Crippen LogP contribution < -0.4 is 4.72 Å². The number of aromatic nitrogens is 1. The predicted molar refractivity (Wildman–Crippen MR) is 66.3 cm³/mol. The van der Waals surface area contributed by atoms with E-state index in [0.717, 1.165) is 18.2 Å². The Bertz CT molecular complexity index is 679. The van der Waals surface area contributed by atoms with Crippen molar-refractivity contribution in [2.75, 3.05) is 0 Å². The van der Waals surface area contributed by atoms with Crippen LogP contribution in [0.15, 0.2) is 47.6 Å². The molecule has 0 aliphatic heterocycles. The van der Waals surface area contributed by atoms with Gasteiger partial charge >= 0.3 is 6.18 Å². The second-order valence-electron chi connectivity index (χ2n) is 4.07. The van der Waals surface area contributed by atoms with Crippen molar-refractivity contribution in [3.05, 3.63) is 53.9 Å². The minimum absolute atomic E-state index is 0.00206. The van der Waals surface area contributed by atoms with Crippen LogP contribution in [0.2, 0.25) is 0 Å². The van der Waals surface area contributed by atoms with E-state index < -0.39 is 26.7 Å². The van der Waals surface area contributed by atoms with Gasteiger partial charge in [0.15, 0.2) is 0 Å². The molecule has 0 aliphatic carbocycles. The topological polar surface area (TPSA) is 62.0 Å². The number of H-pyrrole nitrogens is 1. The maximum absolute atomic E-state index is 12.5. The summed E-state index contributed by atoms with van der Waals surface area (Å²) in [6.07, 6.45) is -1.37. The van der Waals surface area contributed by atoms with E-state index in [2.05, 4.69) is 9.71 Å². The molecule has 20 heavy (non-hydrogen) atoms. The molecule has 0 saturated heterocycles. The minimum Gasteiger partial charge on any atom is -0.367 e. The van der Waals surface area contributed by atoms with Crippen LogP contribution in [0.5, 0.6) is 0 Å². The number of sulfonamides is 1. The summed E-state index contributed by atoms with van der Waals surface area (Å²) in [5.74, 6) is 0. The third-order valence-corrected chi connectivity index (χ3v) is 4.00. The fourth-order valence-electron chi connectivity index (χ4n) is 1.57. The summed E-state index contributed by atoms with van der Waals surface area (Å²) in [6.45, 7) is 0.00206. The van der Waals surface area contributed by atoms with E-state index >= 15 is 0 Å². The number of hydrogen-bond acceptors (Lipinski definition) is 2. The van der Waals surface area contributed by atoms with Crippen LogP contribution in [0, 0.1) is 0 Å². The number of alkyl halides is 3. The van der Waals surface area contributed by atoms with Crippen molar-refractivity contribution in [3.63, 3.8) is 0 Å². The van der Waals surface area contributed by atoms with E-state index in [1.54, 1.807) is 18.5 Å². The summed E-state index contributed by atoms with van der Waals surface area (Å²) in [5.41, 5.74) is -0.317.